The normalized spacial score (nSPS) is 16.3. The number of aryl methyl sites for hydroxylation is 1. The summed E-state index contributed by atoms with van der Waals surface area (Å²) >= 11 is 5.70. The van der Waals surface area contributed by atoms with E-state index in [-0.39, 0.29) is 34.9 Å². The third-order valence-electron chi connectivity index (χ3n) is 5.42. The van der Waals surface area contributed by atoms with Gasteiger partial charge in [-0.15, -0.1) is 0 Å². The predicted molar refractivity (Wildman–Crippen MR) is 149 cm³/mol. The molecule has 39 heavy (non-hydrogen) atoms. The lowest BCUT2D eigenvalue weighted by molar-refractivity contribution is -0.149. The van der Waals surface area contributed by atoms with E-state index in [1.807, 2.05) is 20.6 Å². The van der Waals surface area contributed by atoms with Gasteiger partial charge >= 0.3 is 5.97 Å². The van der Waals surface area contributed by atoms with Crippen molar-refractivity contribution >= 4 is 48.4 Å². The van der Waals surface area contributed by atoms with Gasteiger partial charge in [0.1, 0.15) is 31.3 Å². The number of esters is 1. The van der Waals surface area contributed by atoms with Crippen LogP contribution in [0, 0.1) is 18.6 Å². The van der Waals surface area contributed by atoms with Gasteiger partial charge in [0.05, 0.1) is 11.1 Å². The molecule has 11 heteroatoms. The maximum Gasteiger partial charge on any atom is 0.303 e. The molecule has 0 bridgehead atoms. The molecule has 0 spiro atoms. The van der Waals surface area contributed by atoms with Crippen LogP contribution in [0.25, 0.3) is 5.70 Å². The van der Waals surface area contributed by atoms with E-state index in [4.69, 9.17) is 25.9 Å². The molecule has 0 aromatic heterocycles. The molecule has 214 valence electrons. The number of carbonyl (C=O) groups excluding carboxylic acids is 4. The second kappa shape index (κ2) is 18.6. The van der Waals surface area contributed by atoms with Gasteiger partial charge in [0.15, 0.2) is 0 Å². The maximum atomic E-state index is 13.2. The van der Waals surface area contributed by atoms with E-state index in [0.29, 0.717) is 23.5 Å². The molecule has 2 aromatic carbocycles. The van der Waals surface area contributed by atoms with Crippen LogP contribution < -0.4 is 10.6 Å². The molecule has 0 unspecified atom stereocenters. The van der Waals surface area contributed by atoms with Crippen LogP contribution in [0.1, 0.15) is 37.8 Å². The Hall–Kier alpha value is -3.63. The zero-order valence-electron chi connectivity index (χ0n) is 22.7. The number of hydrogen-bond donors (Lipinski definition) is 2. The average molecular weight is 568 g/mol. The minimum atomic E-state index is -0.476. The lowest BCUT2D eigenvalue weighted by Crippen LogP contribution is -2.47. The number of likely N-dealkylation sites (tertiary alicyclic amines) is 1. The first-order valence-electron chi connectivity index (χ1n) is 11.8. The number of nitrogens with one attached hydrogen (secondary N) is 2. The quantitative estimate of drug-likeness (QED) is 0.501. The van der Waals surface area contributed by atoms with Crippen LogP contribution in [0.3, 0.4) is 0 Å². The molecule has 2 N–H and O–H groups in total. The highest BCUT2D eigenvalue weighted by atomic mass is 35.5. The Morgan fingerprint density at radius 2 is 1.67 bits per heavy atom. The van der Waals surface area contributed by atoms with Gasteiger partial charge in [-0.1, -0.05) is 18.2 Å². The van der Waals surface area contributed by atoms with Crippen molar-refractivity contribution in [3.05, 3.63) is 70.8 Å². The minimum absolute atomic E-state index is 0.0353. The van der Waals surface area contributed by atoms with Gasteiger partial charge < -0.3 is 29.9 Å². The number of hydrogen-bond acceptors (Lipinski definition) is 7. The summed E-state index contributed by atoms with van der Waals surface area (Å²) < 4.78 is 31.5. The Morgan fingerprint density at radius 3 is 2.21 bits per heavy atom. The summed E-state index contributed by atoms with van der Waals surface area (Å²) in [7, 11) is 1.99. The van der Waals surface area contributed by atoms with Gasteiger partial charge in [-0.3, -0.25) is 9.59 Å². The SMILES string of the molecule is C=C(Nc1ccc(F)c(Cl)c1)c1ccc(F)c(C)c1.C=O.C=O.CC(=O)N[C@@H]1CCCN(C)C[C@@H]1OC(C)=O. The van der Waals surface area contributed by atoms with E-state index < -0.39 is 5.82 Å². The van der Waals surface area contributed by atoms with Gasteiger partial charge in [0.2, 0.25) is 5.91 Å². The van der Waals surface area contributed by atoms with E-state index >= 15 is 0 Å². The highest BCUT2D eigenvalue weighted by molar-refractivity contribution is 6.31. The average Bonchev–Trinajstić information content (AvgIpc) is 3.05. The molecule has 1 heterocycles. The second-order valence-electron chi connectivity index (χ2n) is 8.56. The topological polar surface area (TPSA) is 105 Å². The number of likely N-dealkylation sites (N-methyl/N-ethyl adjacent to an activating group) is 1. The molecule has 1 saturated heterocycles. The van der Waals surface area contributed by atoms with Crippen LogP contribution in [-0.2, 0) is 23.9 Å². The van der Waals surface area contributed by atoms with Crippen LogP contribution in [0.2, 0.25) is 5.02 Å². The number of ether oxygens (including phenoxy) is 1. The van der Waals surface area contributed by atoms with Crippen molar-refractivity contribution in [3.63, 3.8) is 0 Å². The summed E-state index contributed by atoms with van der Waals surface area (Å²) in [4.78, 5) is 40.2. The zero-order valence-corrected chi connectivity index (χ0v) is 23.4. The molecule has 2 aromatic rings. The fraction of sp³-hybridized carbons (Fsp3) is 0.357. The first-order chi connectivity index (χ1) is 18.5. The molecule has 0 radical (unpaired) electrons. The summed E-state index contributed by atoms with van der Waals surface area (Å²) in [6.07, 6.45) is 1.61. The monoisotopic (exact) mass is 567 g/mol. The van der Waals surface area contributed by atoms with Crippen LogP contribution in [0.5, 0.6) is 0 Å². The number of nitrogens with zero attached hydrogens (tertiary/aromatic N) is 1. The molecule has 0 saturated carbocycles. The fourth-order valence-corrected chi connectivity index (χ4v) is 3.88. The predicted octanol–water partition coefficient (Wildman–Crippen LogP) is 4.79. The van der Waals surface area contributed by atoms with Crippen LogP contribution in [0.15, 0.2) is 43.0 Å². The molecular formula is C28H36ClF2N3O5. The standard InChI is InChI=1S/C15H12ClF2N.C11H20N2O3.2CH2O/c1-9-7-11(3-5-14(9)17)10(2)19-12-4-6-15(18)13(16)8-12;1-8(14)12-10-5-4-6-13(3)7-11(10)16-9(2)15;2*1-2/h3-8,19H,2H2,1H3;10-11H,4-7H2,1-3H3,(H,12,14);2*1H2/t;10-,11+;;/m.1../s1. The summed E-state index contributed by atoms with van der Waals surface area (Å²) in [5.41, 5.74) is 2.51. The number of halogens is 3. The second-order valence-corrected chi connectivity index (χ2v) is 8.96. The molecule has 1 aliphatic heterocycles. The lowest BCUT2D eigenvalue weighted by Gasteiger charge is -2.26. The summed E-state index contributed by atoms with van der Waals surface area (Å²) in [5.74, 6) is -1.11. The third kappa shape index (κ3) is 13.1. The molecule has 1 aliphatic rings. The summed E-state index contributed by atoms with van der Waals surface area (Å²) in [5, 5.41) is 5.90. The van der Waals surface area contributed by atoms with E-state index in [1.54, 1.807) is 25.1 Å². The molecule has 3 rings (SSSR count). The molecule has 8 nitrogen and oxygen atoms in total. The van der Waals surface area contributed by atoms with Gasteiger partial charge in [-0.2, -0.15) is 0 Å². The Morgan fingerprint density at radius 1 is 1.05 bits per heavy atom. The lowest BCUT2D eigenvalue weighted by atomic mass is 10.1. The highest BCUT2D eigenvalue weighted by Crippen LogP contribution is 2.23. The third-order valence-corrected chi connectivity index (χ3v) is 5.71. The summed E-state index contributed by atoms with van der Waals surface area (Å²) in [6, 6.07) is 8.94. The smallest absolute Gasteiger partial charge is 0.303 e. The van der Waals surface area contributed by atoms with E-state index in [1.165, 1.54) is 32.0 Å². The van der Waals surface area contributed by atoms with Crippen molar-refractivity contribution in [2.24, 2.45) is 0 Å². The Bertz CT molecular complexity index is 1100. The number of amides is 1. The van der Waals surface area contributed by atoms with Crippen molar-refractivity contribution in [2.45, 2.75) is 45.8 Å². The largest absolute Gasteiger partial charge is 0.459 e. The van der Waals surface area contributed by atoms with Crippen molar-refractivity contribution in [2.75, 3.05) is 25.5 Å². The molecule has 0 aliphatic carbocycles. The highest BCUT2D eigenvalue weighted by Gasteiger charge is 2.28. The molecular weight excluding hydrogens is 532 g/mol. The van der Waals surface area contributed by atoms with Crippen LogP contribution in [-0.4, -0.2) is 62.6 Å². The number of anilines is 1. The van der Waals surface area contributed by atoms with E-state index in [9.17, 15) is 18.4 Å². The first-order valence-corrected chi connectivity index (χ1v) is 12.2. The Balaban J connectivity index is 0.000000665. The minimum Gasteiger partial charge on any atom is -0.459 e. The number of benzene rings is 2. The van der Waals surface area contributed by atoms with Gasteiger partial charge in [-0.25, -0.2) is 8.78 Å². The van der Waals surface area contributed by atoms with Crippen LogP contribution in [0.4, 0.5) is 14.5 Å². The zero-order chi connectivity index (χ0) is 30.1. The Labute approximate surface area is 233 Å². The van der Waals surface area contributed by atoms with Crippen molar-refractivity contribution in [1.29, 1.82) is 0 Å². The van der Waals surface area contributed by atoms with Gasteiger partial charge in [-0.05, 0) is 80.9 Å². The number of rotatable bonds is 5. The van der Waals surface area contributed by atoms with E-state index in [2.05, 4.69) is 22.1 Å². The van der Waals surface area contributed by atoms with Crippen molar-refractivity contribution in [1.82, 2.24) is 10.2 Å². The van der Waals surface area contributed by atoms with Gasteiger partial charge in [0, 0.05) is 31.8 Å². The van der Waals surface area contributed by atoms with Gasteiger partial charge in [0.25, 0.3) is 0 Å². The first kappa shape index (κ1) is 35.4. The number of carbonyl (C=O) groups is 4. The molecule has 2 atom stereocenters. The Kier molecular flexibility index (Phi) is 16.9. The maximum absolute atomic E-state index is 13.2. The van der Waals surface area contributed by atoms with Crippen LogP contribution >= 0.6 is 11.6 Å². The fourth-order valence-electron chi connectivity index (χ4n) is 3.70. The van der Waals surface area contributed by atoms with Crippen molar-refractivity contribution in [3.8, 4) is 0 Å². The molecule has 1 amide bonds. The van der Waals surface area contributed by atoms with E-state index in [0.717, 1.165) is 24.9 Å². The molecule has 1 fully saturated rings. The van der Waals surface area contributed by atoms with Crippen molar-refractivity contribution < 1.29 is 32.7 Å². The summed E-state index contributed by atoms with van der Waals surface area (Å²) in [6.45, 7) is 14.1.